The molecule has 1 fully saturated rings. The Hall–Kier alpha value is -1.10. The fourth-order valence-corrected chi connectivity index (χ4v) is 2.13. The number of ether oxygens (including phenoxy) is 1. The average Bonchev–Trinajstić information content (AvgIpc) is 3.21. The second-order valence-corrected chi connectivity index (χ2v) is 5.27. The molecule has 0 heterocycles. The lowest BCUT2D eigenvalue weighted by atomic mass is 10.2. The van der Waals surface area contributed by atoms with Gasteiger partial charge in [-0.1, -0.05) is 11.6 Å². The van der Waals surface area contributed by atoms with Crippen LogP contribution in [0.15, 0.2) is 24.3 Å². The van der Waals surface area contributed by atoms with Crippen LogP contribution in [0.5, 0.6) is 0 Å². The molecule has 19 heavy (non-hydrogen) atoms. The standard InChI is InChI=1S/C14H19ClN2O2/c1-19-9-13(10-2-3-10)16-8-14(18)17-12-6-4-11(15)5-7-12/h4-7,10,13,16H,2-3,8-9H2,1H3,(H,17,18)/t13-/m1/s1. The number of hydrogen-bond acceptors (Lipinski definition) is 3. The first kappa shape index (κ1) is 14.3. The quantitative estimate of drug-likeness (QED) is 0.807. The van der Waals surface area contributed by atoms with E-state index in [-0.39, 0.29) is 11.9 Å². The van der Waals surface area contributed by atoms with Gasteiger partial charge in [-0.05, 0) is 43.0 Å². The average molecular weight is 283 g/mol. The smallest absolute Gasteiger partial charge is 0.238 e. The Morgan fingerprint density at radius 2 is 2.11 bits per heavy atom. The van der Waals surface area contributed by atoms with Crippen LogP contribution in [0.4, 0.5) is 5.69 Å². The van der Waals surface area contributed by atoms with Crippen molar-refractivity contribution in [3.8, 4) is 0 Å². The predicted molar refractivity (Wildman–Crippen MR) is 76.5 cm³/mol. The van der Waals surface area contributed by atoms with E-state index >= 15 is 0 Å². The minimum absolute atomic E-state index is 0.0518. The van der Waals surface area contributed by atoms with Crippen molar-refractivity contribution in [1.82, 2.24) is 5.32 Å². The first-order chi connectivity index (χ1) is 9.19. The lowest BCUT2D eigenvalue weighted by Crippen LogP contribution is -2.40. The highest BCUT2D eigenvalue weighted by atomic mass is 35.5. The van der Waals surface area contributed by atoms with Crippen LogP contribution >= 0.6 is 11.6 Å². The zero-order valence-electron chi connectivity index (χ0n) is 11.0. The Labute approximate surface area is 118 Å². The summed E-state index contributed by atoms with van der Waals surface area (Å²) in [6.07, 6.45) is 2.44. The second kappa shape index (κ2) is 6.89. The fourth-order valence-electron chi connectivity index (χ4n) is 2.00. The summed E-state index contributed by atoms with van der Waals surface area (Å²) in [4.78, 5) is 11.8. The van der Waals surface area contributed by atoms with Crippen LogP contribution < -0.4 is 10.6 Å². The third-order valence-corrected chi connectivity index (χ3v) is 3.44. The minimum Gasteiger partial charge on any atom is -0.383 e. The molecule has 1 amide bonds. The van der Waals surface area contributed by atoms with E-state index in [0.717, 1.165) is 5.69 Å². The van der Waals surface area contributed by atoms with Crippen molar-refractivity contribution in [1.29, 1.82) is 0 Å². The molecule has 1 atom stereocenters. The third-order valence-electron chi connectivity index (χ3n) is 3.19. The van der Waals surface area contributed by atoms with Gasteiger partial charge < -0.3 is 15.4 Å². The summed E-state index contributed by atoms with van der Waals surface area (Å²) in [5.74, 6) is 0.604. The van der Waals surface area contributed by atoms with E-state index in [9.17, 15) is 4.79 Å². The van der Waals surface area contributed by atoms with E-state index in [2.05, 4.69) is 10.6 Å². The first-order valence-corrected chi connectivity index (χ1v) is 6.84. The van der Waals surface area contributed by atoms with Crippen molar-refractivity contribution in [2.24, 2.45) is 5.92 Å². The van der Waals surface area contributed by atoms with Gasteiger partial charge in [-0.3, -0.25) is 4.79 Å². The summed E-state index contributed by atoms with van der Waals surface area (Å²) in [6.45, 7) is 0.950. The Morgan fingerprint density at radius 1 is 1.42 bits per heavy atom. The van der Waals surface area contributed by atoms with Gasteiger partial charge in [-0.25, -0.2) is 0 Å². The van der Waals surface area contributed by atoms with E-state index in [0.29, 0.717) is 24.1 Å². The number of carbonyl (C=O) groups is 1. The number of methoxy groups -OCH3 is 1. The maximum atomic E-state index is 11.8. The van der Waals surface area contributed by atoms with Crippen LogP contribution in [-0.4, -0.2) is 32.2 Å². The molecular weight excluding hydrogens is 264 g/mol. The molecule has 0 aliphatic heterocycles. The van der Waals surface area contributed by atoms with Crippen molar-refractivity contribution in [3.05, 3.63) is 29.3 Å². The van der Waals surface area contributed by atoms with Crippen LogP contribution in [0.1, 0.15) is 12.8 Å². The SMILES string of the molecule is COC[C@@H](NCC(=O)Nc1ccc(Cl)cc1)C1CC1. The van der Waals surface area contributed by atoms with E-state index in [1.165, 1.54) is 12.8 Å². The molecular formula is C14H19ClN2O2. The zero-order chi connectivity index (χ0) is 13.7. The highest BCUT2D eigenvalue weighted by Gasteiger charge is 2.31. The topological polar surface area (TPSA) is 50.4 Å². The van der Waals surface area contributed by atoms with Gasteiger partial charge in [0.15, 0.2) is 0 Å². The highest BCUT2D eigenvalue weighted by Crippen LogP contribution is 2.32. The number of halogens is 1. The van der Waals surface area contributed by atoms with Crippen LogP contribution in [0.3, 0.4) is 0 Å². The van der Waals surface area contributed by atoms with Gasteiger partial charge in [0.05, 0.1) is 13.2 Å². The largest absolute Gasteiger partial charge is 0.383 e. The van der Waals surface area contributed by atoms with Crippen LogP contribution in [0, 0.1) is 5.92 Å². The molecule has 0 saturated heterocycles. The van der Waals surface area contributed by atoms with Crippen LogP contribution in [0.2, 0.25) is 5.02 Å². The van der Waals surface area contributed by atoms with Crippen molar-refractivity contribution >= 4 is 23.2 Å². The normalized spacial score (nSPS) is 16.1. The Balaban J connectivity index is 1.75. The molecule has 2 N–H and O–H groups in total. The molecule has 1 aliphatic carbocycles. The number of hydrogen-bond donors (Lipinski definition) is 2. The van der Waals surface area contributed by atoms with Gasteiger partial charge >= 0.3 is 0 Å². The van der Waals surface area contributed by atoms with Crippen LogP contribution in [0.25, 0.3) is 0 Å². The summed E-state index contributed by atoms with van der Waals surface area (Å²) < 4.78 is 5.16. The summed E-state index contributed by atoms with van der Waals surface area (Å²) in [5, 5.41) is 6.73. The zero-order valence-corrected chi connectivity index (χ0v) is 11.7. The molecule has 1 aliphatic rings. The maximum absolute atomic E-state index is 11.8. The lowest BCUT2D eigenvalue weighted by Gasteiger charge is -2.16. The van der Waals surface area contributed by atoms with E-state index in [4.69, 9.17) is 16.3 Å². The lowest BCUT2D eigenvalue weighted by molar-refractivity contribution is -0.115. The van der Waals surface area contributed by atoms with Gasteiger partial charge in [-0.2, -0.15) is 0 Å². The summed E-state index contributed by atoms with van der Waals surface area (Å²) in [7, 11) is 1.69. The first-order valence-electron chi connectivity index (χ1n) is 6.47. The second-order valence-electron chi connectivity index (χ2n) is 4.84. The van der Waals surface area contributed by atoms with Crippen molar-refractivity contribution in [3.63, 3.8) is 0 Å². The Morgan fingerprint density at radius 3 is 2.68 bits per heavy atom. The molecule has 5 heteroatoms. The summed E-state index contributed by atoms with van der Waals surface area (Å²) in [6, 6.07) is 7.35. The summed E-state index contributed by atoms with van der Waals surface area (Å²) in [5.41, 5.74) is 0.755. The van der Waals surface area contributed by atoms with Crippen molar-refractivity contribution in [2.45, 2.75) is 18.9 Å². The Kier molecular flexibility index (Phi) is 5.19. The molecule has 4 nitrogen and oxygen atoms in total. The predicted octanol–water partition coefficient (Wildman–Crippen LogP) is 2.29. The molecule has 1 aromatic rings. The van der Waals surface area contributed by atoms with Gasteiger partial charge in [0.25, 0.3) is 0 Å². The summed E-state index contributed by atoms with van der Waals surface area (Å²) >= 11 is 5.79. The highest BCUT2D eigenvalue weighted by molar-refractivity contribution is 6.30. The molecule has 0 bridgehead atoms. The molecule has 0 unspecified atom stereocenters. The minimum atomic E-state index is -0.0518. The number of anilines is 1. The van der Waals surface area contributed by atoms with Crippen LogP contribution in [-0.2, 0) is 9.53 Å². The molecule has 2 rings (SSSR count). The van der Waals surface area contributed by atoms with Gasteiger partial charge in [0, 0.05) is 23.9 Å². The van der Waals surface area contributed by atoms with Gasteiger partial charge in [0.2, 0.25) is 5.91 Å². The Bertz CT molecular complexity index is 418. The third kappa shape index (κ3) is 4.82. The maximum Gasteiger partial charge on any atom is 0.238 e. The molecule has 104 valence electrons. The molecule has 0 aromatic heterocycles. The van der Waals surface area contributed by atoms with Crippen molar-refractivity contribution in [2.75, 3.05) is 25.6 Å². The molecule has 0 radical (unpaired) electrons. The monoisotopic (exact) mass is 282 g/mol. The van der Waals surface area contributed by atoms with E-state index in [1.54, 1.807) is 31.4 Å². The molecule has 0 spiro atoms. The number of carbonyl (C=O) groups excluding carboxylic acids is 1. The van der Waals surface area contributed by atoms with Crippen molar-refractivity contribution < 1.29 is 9.53 Å². The molecule has 1 aromatic carbocycles. The van der Waals surface area contributed by atoms with E-state index in [1.807, 2.05) is 0 Å². The van der Waals surface area contributed by atoms with E-state index < -0.39 is 0 Å². The van der Waals surface area contributed by atoms with Gasteiger partial charge in [0.1, 0.15) is 0 Å². The number of amides is 1. The number of rotatable bonds is 7. The number of nitrogens with one attached hydrogen (secondary N) is 2. The molecule has 1 saturated carbocycles. The van der Waals surface area contributed by atoms with Gasteiger partial charge in [-0.15, -0.1) is 0 Å². The number of benzene rings is 1. The fraction of sp³-hybridized carbons (Fsp3) is 0.500.